The molecule has 0 spiro atoms. The first-order valence-corrected chi connectivity index (χ1v) is 15.8. The van der Waals surface area contributed by atoms with Crippen molar-refractivity contribution in [2.45, 2.75) is 64.8 Å². The molecule has 4 atom stereocenters. The summed E-state index contributed by atoms with van der Waals surface area (Å²) in [6.45, 7) is 8.13. The minimum absolute atomic E-state index is 0.0352. The molecule has 10 nitrogen and oxygen atoms in total. The number of carbonyl (C=O) groups excluding carboxylic acids is 2. The molecule has 10 heteroatoms. The number of hydrogen-bond donors (Lipinski definition) is 3. The van der Waals surface area contributed by atoms with E-state index in [1.54, 1.807) is 47.6 Å². The average molecular weight is 618 g/mol. The molecule has 1 aliphatic heterocycles. The van der Waals surface area contributed by atoms with Gasteiger partial charge in [-0.25, -0.2) is 4.79 Å². The van der Waals surface area contributed by atoms with Crippen LogP contribution >= 0.6 is 0 Å². The summed E-state index contributed by atoms with van der Waals surface area (Å²) in [5.41, 5.74) is 2.61. The molecule has 0 bridgehead atoms. The van der Waals surface area contributed by atoms with E-state index < -0.39 is 12.1 Å². The minimum Gasteiger partial charge on any atom is -0.490 e. The van der Waals surface area contributed by atoms with Crippen molar-refractivity contribution >= 4 is 23.3 Å². The molecule has 0 unspecified atom stereocenters. The molecule has 2 heterocycles. The van der Waals surface area contributed by atoms with Gasteiger partial charge < -0.3 is 30.1 Å². The van der Waals surface area contributed by atoms with Crippen molar-refractivity contribution in [3.8, 4) is 5.75 Å². The number of para-hydroxylation sites is 1. The number of anilines is 2. The van der Waals surface area contributed by atoms with Crippen molar-refractivity contribution in [1.82, 2.24) is 14.8 Å². The third kappa shape index (κ3) is 10.3. The van der Waals surface area contributed by atoms with E-state index in [9.17, 15) is 14.7 Å². The quantitative estimate of drug-likeness (QED) is 0.299. The van der Waals surface area contributed by atoms with E-state index in [0.717, 1.165) is 25.8 Å². The van der Waals surface area contributed by atoms with Gasteiger partial charge in [-0.15, -0.1) is 0 Å². The van der Waals surface area contributed by atoms with Gasteiger partial charge in [0.05, 0.1) is 30.4 Å². The predicted octanol–water partition coefficient (Wildman–Crippen LogP) is 5.65. The number of nitrogens with zero attached hydrogens (tertiary/aromatic N) is 3. The Morgan fingerprint density at radius 3 is 2.53 bits per heavy atom. The van der Waals surface area contributed by atoms with E-state index in [-0.39, 0.29) is 30.6 Å². The number of aliphatic hydroxyl groups is 1. The molecular weight excluding hydrogens is 570 g/mol. The van der Waals surface area contributed by atoms with Crippen LogP contribution in [0, 0.1) is 5.92 Å². The van der Waals surface area contributed by atoms with Crippen molar-refractivity contribution in [3.05, 3.63) is 84.2 Å². The first-order chi connectivity index (χ1) is 21.7. The van der Waals surface area contributed by atoms with Crippen molar-refractivity contribution in [3.63, 3.8) is 0 Å². The first-order valence-electron chi connectivity index (χ1n) is 15.8. The zero-order chi connectivity index (χ0) is 32.2. The van der Waals surface area contributed by atoms with Crippen LogP contribution in [-0.4, -0.2) is 83.4 Å². The highest BCUT2D eigenvalue weighted by Gasteiger charge is 2.30. The fourth-order valence-corrected chi connectivity index (χ4v) is 5.45. The topological polar surface area (TPSA) is 116 Å². The Morgan fingerprint density at radius 2 is 1.80 bits per heavy atom. The number of nitrogens with one attached hydrogen (secondary N) is 2. The smallest absolute Gasteiger partial charge is 0.323 e. The van der Waals surface area contributed by atoms with E-state index >= 15 is 0 Å². The lowest BCUT2D eigenvalue weighted by Crippen LogP contribution is -2.47. The van der Waals surface area contributed by atoms with Crippen LogP contribution in [0.2, 0.25) is 0 Å². The second-order valence-electron chi connectivity index (χ2n) is 12.0. The molecular formula is C35H47N5O5. The van der Waals surface area contributed by atoms with Gasteiger partial charge in [0, 0.05) is 55.9 Å². The standard InChI is InChI=1S/C35H47N5O5/c1-25-21-40(26(2)24-41)34(42)31-20-30(38-35(43)37-29-11-6-5-7-12-29)13-14-32(31)45-27(3)10-8-9-19-44-33(25)23-39(4)22-28-15-17-36-18-16-28/h5-7,11-18,20,25-27,33,41H,8-10,19,21-24H2,1-4H3,(H2,37,38,43)/t25-,26+,27-,33-/m1/s1. The van der Waals surface area contributed by atoms with Gasteiger partial charge in [0.25, 0.3) is 5.91 Å². The van der Waals surface area contributed by atoms with Crippen LogP contribution in [0.5, 0.6) is 5.75 Å². The van der Waals surface area contributed by atoms with Crippen molar-refractivity contribution in [2.24, 2.45) is 5.92 Å². The van der Waals surface area contributed by atoms with Gasteiger partial charge in [-0.2, -0.15) is 0 Å². The van der Waals surface area contributed by atoms with Crippen LogP contribution in [0.15, 0.2) is 73.1 Å². The number of urea groups is 1. The molecule has 0 aliphatic carbocycles. The number of likely N-dealkylation sites (N-methyl/N-ethyl adjacent to an activating group) is 1. The minimum atomic E-state index is -0.452. The van der Waals surface area contributed by atoms with Crippen LogP contribution < -0.4 is 15.4 Å². The number of rotatable bonds is 8. The monoisotopic (exact) mass is 617 g/mol. The highest BCUT2D eigenvalue weighted by molar-refractivity contribution is 6.02. The summed E-state index contributed by atoms with van der Waals surface area (Å²) in [6, 6.07) is 17.4. The molecule has 1 aromatic heterocycles. The van der Waals surface area contributed by atoms with E-state index in [1.165, 1.54) is 5.56 Å². The van der Waals surface area contributed by atoms with Crippen LogP contribution in [-0.2, 0) is 11.3 Å². The fourth-order valence-electron chi connectivity index (χ4n) is 5.45. The molecule has 3 aromatic rings. The average Bonchev–Trinajstić information content (AvgIpc) is 3.03. The zero-order valence-electron chi connectivity index (χ0n) is 26.8. The summed E-state index contributed by atoms with van der Waals surface area (Å²) in [6.07, 6.45) is 5.94. The fraction of sp³-hybridized carbons (Fsp3) is 0.457. The maximum atomic E-state index is 14.3. The molecule has 0 saturated carbocycles. The summed E-state index contributed by atoms with van der Waals surface area (Å²) in [4.78, 5) is 35.1. The normalized spacial score (nSPS) is 20.4. The van der Waals surface area contributed by atoms with Crippen molar-refractivity contribution in [1.29, 1.82) is 0 Å². The van der Waals surface area contributed by atoms with Gasteiger partial charge in [-0.1, -0.05) is 25.1 Å². The summed E-state index contributed by atoms with van der Waals surface area (Å²) in [5, 5.41) is 15.8. The second-order valence-corrected chi connectivity index (χ2v) is 12.0. The maximum absolute atomic E-state index is 14.3. The van der Waals surface area contributed by atoms with Crippen LogP contribution in [0.4, 0.5) is 16.2 Å². The van der Waals surface area contributed by atoms with Gasteiger partial charge in [0.1, 0.15) is 5.75 Å². The lowest BCUT2D eigenvalue weighted by molar-refractivity contribution is -0.0177. The van der Waals surface area contributed by atoms with Gasteiger partial charge in [0.2, 0.25) is 0 Å². The molecule has 3 N–H and O–H groups in total. The third-order valence-electron chi connectivity index (χ3n) is 8.03. The van der Waals surface area contributed by atoms with Gasteiger partial charge in [-0.3, -0.25) is 14.7 Å². The Morgan fingerprint density at radius 1 is 1.07 bits per heavy atom. The molecule has 242 valence electrons. The zero-order valence-corrected chi connectivity index (χ0v) is 26.8. The lowest BCUT2D eigenvalue weighted by Gasteiger charge is -2.36. The Kier molecular flexibility index (Phi) is 12.7. The highest BCUT2D eigenvalue weighted by atomic mass is 16.5. The third-order valence-corrected chi connectivity index (χ3v) is 8.03. The summed E-state index contributed by atoms with van der Waals surface area (Å²) in [7, 11) is 2.07. The Labute approximate surface area is 266 Å². The van der Waals surface area contributed by atoms with Crippen LogP contribution in [0.3, 0.4) is 0 Å². The number of hydrogen-bond acceptors (Lipinski definition) is 7. The number of benzene rings is 2. The predicted molar refractivity (Wildman–Crippen MR) is 177 cm³/mol. The molecule has 2 aromatic carbocycles. The SMILES string of the molecule is C[C@@H]1CCCCO[C@H](CN(C)Cc2ccncc2)[C@H](C)CN([C@@H](C)CO)C(=O)c2cc(NC(=O)Nc3ccccc3)ccc2O1. The number of pyridine rings is 1. The number of aliphatic hydroxyl groups excluding tert-OH is 1. The van der Waals surface area contributed by atoms with Crippen molar-refractivity contribution < 1.29 is 24.2 Å². The Balaban J connectivity index is 1.59. The Bertz CT molecular complexity index is 1360. The summed E-state index contributed by atoms with van der Waals surface area (Å²) >= 11 is 0. The van der Waals surface area contributed by atoms with Gasteiger partial charge in [-0.05, 0) is 88.2 Å². The lowest BCUT2D eigenvalue weighted by atomic mass is 10.0. The number of amides is 3. The number of ether oxygens (including phenoxy) is 2. The molecule has 1 aliphatic rings. The van der Waals surface area contributed by atoms with E-state index in [0.29, 0.717) is 42.4 Å². The number of aromatic nitrogens is 1. The largest absolute Gasteiger partial charge is 0.490 e. The van der Waals surface area contributed by atoms with E-state index in [2.05, 4.69) is 34.5 Å². The molecule has 4 rings (SSSR count). The maximum Gasteiger partial charge on any atom is 0.323 e. The molecule has 45 heavy (non-hydrogen) atoms. The summed E-state index contributed by atoms with van der Waals surface area (Å²) in [5.74, 6) is 0.136. The Hall–Kier alpha value is -3.99. The van der Waals surface area contributed by atoms with Gasteiger partial charge >= 0.3 is 6.03 Å². The second kappa shape index (κ2) is 16.9. The first kappa shape index (κ1) is 33.9. The highest BCUT2D eigenvalue weighted by Crippen LogP contribution is 2.28. The van der Waals surface area contributed by atoms with Crippen molar-refractivity contribution in [2.75, 3.05) is 44.0 Å². The summed E-state index contributed by atoms with van der Waals surface area (Å²) < 4.78 is 12.8. The number of carbonyl (C=O) groups is 2. The number of fused-ring (bicyclic) bond motifs is 1. The molecule has 0 fully saturated rings. The molecule has 0 saturated heterocycles. The van der Waals surface area contributed by atoms with Crippen LogP contribution in [0.25, 0.3) is 0 Å². The molecule has 3 amide bonds. The van der Waals surface area contributed by atoms with E-state index in [4.69, 9.17) is 9.47 Å². The van der Waals surface area contributed by atoms with Crippen LogP contribution in [0.1, 0.15) is 56.0 Å². The van der Waals surface area contributed by atoms with Gasteiger partial charge in [0.15, 0.2) is 0 Å². The molecule has 0 radical (unpaired) electrons. The van der Waals surface area contributed by atoms with E-state index in [1.807, 2.05) is 44.2 Å².